The summed E-state index contributed by atoms with van der Waals surface area (Å²) in [5.74, 6) is -0.500. The summed E-state index contributed by atoms with van der Waals surface area (Å²) < 4.78 is 64.7. The molecule has 0 saturated carbocycles. The van der Waals surface area contributed by atoms with Gasteiger partial charge < -0.3 is 14.2 Å². The molecule has 10 aromatic carbocycles. The van der Waals surface area contributed by atoms with E-state index in [9.17, 15) is 13.2 Å². The van der Waals surface area contributed by atoms with E-state index in [-0.39, 0.29) is 5.58 Å². The molecule has 3 nitrogen and oxygen atoms in total. The smallest absolute Gasteiger partial charge is 0.416 e. The Balaban J connectivity index is 1.20. The van der Waals surface area contributed by atoms with Crippen molar-refractivity contribution in [2.24, 2.45) is 0 Å². The number of nitrogens with zero attached hydrogens (tertiary/aromatic N) is 2. The maximum Gasteiger partial charge on any atom is 0.416 e. The lowest BCUT2D eigenvalue weighted by molar-refractivity contribution is -0.137. The summed E-state index contributed by atoms with van der Waals surface area (Å²) in [7, 11) is 0. The molecule has 1 aromatic heterocycles. The van der Waals surface area contributed by atoms with Crippen molar-refractivity contribution >= 4 is 77.6 Å². The number of hydrogen-bond donors (Lipinski definition) is 0. The van der Waals surface area contributed by atoms with Crippen molar-refractivity contribution in [1.82, 2.24) is 0 Å². The molecule has 2 heterocycles. The van der Waals surface area contributed by atoms with Crippen LogP contribution >= 0.6 is 0 Å². The molecule has 0 atom stereocenters. The van der Waals surface area contributed by atoms with Crippen molar-refractivity contribution in [2.75, 3.05) is 9.80 Å². The third-order valence-corrected chi connectivity index (χ3v) is 13.5. The van der Waals surface area contributed by atoms with Gasteiger partial charge >= 0.3 is 6.18 Å². The summed E-state index contributed by atoms with van der Waals surface area (Å²) in [6.45, 7) is 0. The average molecular weight is 851 g/mol. The Morgan fingerprint density at radius 1 is 0.446 bits per heavy atom. The lowest BCUT2D eigenvalue weighted by atomic mass is 9.64. The standard InChI is InChI=1S/C58H34F4N2O/c59-48-24-12-20-42-43-21-13-27-51(56(43)65-55(42)48)64(38-31-29-36(30-32-38)58(60,61)62)52-34-47-54(41-19-7-6-18-40(41)52)53-39-17-5-4-14-35(39)28-33-46(53)57(47)44-22-8-10-25-49(44)63(37-15-2-1-3-16-37)50-26-11-9-23-45(50)57/h1-34H. The largest absolute Gasteiger partial charge is 0.451 e. The number of benzene rings is 10. The second-order valence-corrected chi connectivity index (χ2v) is 16.8. The second-order valence-electron chi connectivity index (χ2n) is 16.8. The monoisotopic (exact) mass is 850 g/mol. The van der Waals surface area contributed by atoms with E-state index in [4.69, 9.17) is 4.42 Å². The molecule has 65 heavy (non-hydrogen) atoms. The van der Waals surface area contributed by atoms with E-state index in [1.807, 2.05) is 47.4 Å². The molecule has 7 heteroatoms. The highest BCUT2D eigenvalue weighted by atomic mass is 19.4. The van der Waals surface area contributed by atoms with Gasteiger partial charge in [0, 0.05) is 27.5 Å². The van der Waals surface area contributed by atoms with Gasteiger partial charge in [-0.15, -0.1) is 0 Å². The van der Waals surface area contributed by atoms with Gasteiger partial charge in [0.2, 0.25) is 0 Å². The predicted molar refractivity (Wildman–Crippen MR) is 254 cm³/mol. The van der Waals surface area contributed by atoms with E-state index in [0.29, 0.717) is 27.7 Å². The zero-order valence-corrected chi connectivity index (χ0v) is 34.4. The van der Waals surface area contributed by atoms with Gasteiger partial charge in [-0.2, -0.15) is 13.2 Å². The highest BCUT2D eigenvalue weighted by molar-refractivity contribution is 6.18. The van der Waals surface area contributed by atoms with Gasteiger partial charge in [-0.05, 0) is 116 Å². The van der Waals surface area contributed by atoms with E-state index < -0.39 is 23.0 Å². The van der Waals surface area contributed by atoms with E-state index in [2.05, 4.69) is 132 Å². The number of hydrogen-bond acceptors (Lipinski definition) is 3. The van der Waals surface area contributed by atoms with E-state index in [1.165, 1.54) is 18.2 Å². The Morgan fingerprint density at radius 3 is 1.75 bits per heavy atom. The summed E-state index contributed by atoms with van der Waals surface area (Å²) in [5.41, 5.74) is 10.3. The van der Waals surface area contributed by atoms with Crippen molar-refractivity contribution < 1.29 is 22.0 Å². The molecular formula is C58H34F4N2O. The number of alkyl halides is 3. The highest BCUT2D eigenvalue weighted by Crippen LogP contribution is 2.66. The quantitative estimate of drug-likeness (QED) is 0.165. The lowest BCUT2D eigenvalue weighted by Gasteiger charge is -2.45. The fraction of sp³-hybridized carbons (Fsp3) is 0.0345. The van der Waals surface area contributed by atoms with Crippen LogP contribution in [0.4, 0.5) is 51.7 Å². The molecule has 11 aromatic rings. The van der Waals surface area contributed by atoms with Crippen LogP contribution in [-0.2, 0) is 11.6 Å². The lowest BCUT2D eigenvalue weighted by Crippen LogP contribution is -2.36. The summed E-state index contributed by atoms with van der Waals surface area (Å²) >= 11 is 0. The third kappa shape index (κ3) is 5.18. The van der Waals surface area contributed by atoms with Crippen LogP contribution in [0.25, 0.3) is 54.6 Å². The first-order chi connectivity index (χ1) is 31.8. The molecule has 1 aliphatic heterocycles. The number of halogens is 4. The first-order valence-electron chi connectivity index (χ1n) is 21.5. The predicted octanol–water partition coefficient (Wildman–Crippen LogP) is 16.7. The first kappa shape index (κ1) is 37.4. The SMILES string of the molecule is Fc1cccc2c1oc1c(N(c3ccc(C(F)(F)F)cc3)c3cc4c(c5ccccc35)-c3c(ccc5ccccc35)C43c4ccccc4N(c4ccccc4)c4ccccc43)cccc12. The highest BCUT2D eigenvalue weighted by Gasteiger charge is 2.53. The Kier molecular flexibility index (Phi) is 7.86. The maximum absolute atomic E-state index is 15.5. The van der Waals surface area contributed by atoms with E-state index in [0.717, 1.165) is 89.8 Å². The van der Waals surface area contributed by atoms with Crippen LogP contribution in [0.1, 0.15) is 27.8 Å². The number of furan rings is 1. The van der Waals surface area contributed by atoms with Crippen molar-refractivity contribution in [3.05, 3.63) is 240 Å². The van der Waals surface area contributed by atoms with Gasteiger partial charge in [-0.25, -0.2) is 4.39 Å². The van der Waals surface area contributed by atoms with Gasteiger partial charge in [0.1, 0.15) is 0 Å². The molecule has 0 fully saturated rings. The van der Waals surface area contributed by atoms with Crippen LogP contribution < -0.4 is 9.80 Å². The van der Waals surface area contributed by atoms with Crippen LogP contribution in [0.5, 0.6) is 0 Å². The third-order valence-electron chi connectivity index (χ3n) is 13.5. The minimum Gasteiger partial charge on any atom is -0.451 e. The molecule has 310 valence electrons. The molecule has 0 unspecified atom stereocenters. The first-order valence-corrected chi connectivity index (χ1v) is 21.5. The molecule has 1 aliphatic carbocycles. The zero-order valence-electron chi connectivity index (χ0n) is 34.4. The topological polar surface area (TPSA) is 19.6 Å². The average Bonchev–Trinajstić information content (AvgIpc) is 3.88. The molecule has 2 aliphatic rings. The Hall–Kier alpha value is -8.16. The molecular weight excluding hydrogens is 817 g/mol. The van der Waals surface area contributed by atoms with Crippen LogP contribution in [0, 0.1) is 5.82 Å². The van der Waals surface area contributed by atoms with Crippen LogP contribution in [0.15, 0.2) is 211 Å². The minimum absolute atomic E-state index is 0.112. The molecule has 13 rings (SSSR count). The van der Waals surface area contributed by atoms with E-state index in [1.54, 1.807) is 6.07 Å². The normalized spacial score (nSPS) is 13.6. The van der Waals surface area contributed by atoms with E-state index >= 15 is 4.39 Å². The van der Waals surface area contributed by atoms with Crippen molar-refractivity contribution in [1.29, 1.82) is 0 Å². The Labute approximate surface area is 370 Å². The fourth-order valence-corrected chi connectivity index (χ4v) is 10.9. The number of rotatable bonds is 4. The number of para-hydroxylation sites is 5. The fourth-order valence-electron chi connectivity index (χ4n) is 10.9. The molecule has 0 bridgehead atoms. The summed E-state index contributed by atoms with van der Waals surface area (Å²) in [4.78, 5) is 4.32. The Morgan fingerprint density at radius 2 is 1.03 bits per heavy atom. The summed E-state index contributed by atoms with van der Waals surface area (Å²) in [6.07, 6.45) is -4.55. The second kappa shape index (κ2) is 13.7. The molecule has 0 amide bonds. The van der Waals surface area contributed by atoms with Crippen molar-refractivity contribution in [3.8, 4) is 11.1 Å². The van der Waals surface area contributed by atoms with Crippen molar-refractivity contribution in [3.63, 3.8) is 0 Å². The number of fused-ring (bicyclic) bond motifs is 16. The van der Waals surface area contributed by atoms with Crippen molar-refractivity contribution in [2.45, 2.75) is 11.6 Å². The van der Waals surface area contributed by atoms with Crippen LogP contribution in [-0.4, -0.2) is 0 Å². The van der Waals surface area contributed by atoms with Gasteiger partial charge in [0.05, 0.1) is 33.7 Å². The Bertz CT molecular complexity index is 3700. The van der Waals surface area contributed by atoms with Crippen LogP contribution in [0.3, 0.4) is 0 Å². The maximum atomic E-state index is 15.5. The van der Waals surface area contributed by atoms with Gasteiger partial charge in [0.15, 0.2) is 17.0 Å². The van der Waals surface area contributed by atoms with Gasteiger partial charge in [-0.3, -0.25) is 0 Å². The molecule has 0 radical (unpaired) electrons. The number of anilines is 6. The van der Waals surface area contributed by atoms with Gasteiger partial charge in [-0.1, -0.05) is 140 Å². The summed E-state index contributed by atoms with van der Waals surface area (Å²) in [5, 5.41) is 5.38. The zero-order chi connectivity index (χ0) is 43.6. The molecule has 0 saturated heterocycles. The molecule has 1 spiro atoms. The minimum atomic E-state index is -4.55. The summed E-state index contributed by atoms with van der Waals surface area (Å²) in [6, 6.07) is 67.0. The van der Waals surface area contributed by atoms with Gasteiger partial charge in [0.25, 0.3) is 0 Å². The van der Waals surface area contributed by atoms with Crippen LogP contribution in [0.2, 0.25) is 0 Å². The molecule has 0 N–H and O–H groups in total.